The first kappa shape index (κ1) is 15.8. The van der Waals surface area contributed by atoms with Crippen molar-refractivity contribution in [3.05, 3.63) is 59.6 Å². The molecule has 1 aromatic carbocycles. The molecule has 26 heavy (non-hydrogen) atoms. The average Bonchev–Trinajstić information content (AvgIpc) is 3.29. The van der Waals surface area contributed by atoms with Crippen LogP contribution in [-0.2, 0) is 6.42 Å². The Hall–Kier alpha value is -3.69. The molecular formula is C16H10F2N6O2. The third kappa shape index (κ3) is 2.99. The van der Waals surface area contributed by atoms with Crippen LogP contribution in [0.1, 0.15) is 11.4 Å². The summed E-state index contributed by atoms with van der Waals surface area (Å²) in [6.45, 7) is 0. The minimum absolute atomic E-state index is 0.0471. The van der Waals surface area contributed by atoms with Gasteiger partial charge in [0.15, 0.2) is 17.4 Å². The Morgan fingerprint density at radius 1 is 0.962 bits per heavy atom. The summed E-state index contributed by atoms with van der Waals surface area (Å²) in [4.78, 5) is 16.2. The Morgan fingerprint density at radius 2 is 1.85 bits per heavy atom. The molecule has 4 aromatic rings. The second-order valence-electron chi connectivity index (χ2n) is 5.22. The minimum Gasteiger partial charge on any atom is -0.459 e. The molecule has 2 N–H and O–H groups in total. The van der Waals surface area contributed by atoms with Gasteiger partial charge in [-0.25, -0.2) is 13.8 Å². The van der Waals surface area contributed by atoms with E-state index in [1.807, 2.05) is 0 Å². The number of nitrogens with two attached hydrogens (primary N) is 1. The molecule has 3 heterocycles. The van der Waals surface area contributed by atoms with Crippen LogP contribution in [0.4, 0.5) is 14.7 Å². The molecule has 0 unspecified atom stereocenters. The molecule has 0 aliphatic carbocycles. The van der Waals surface area contributed by atoms with Crippen LogP contribution in [0.3, 0.4) is 0 Å². The summed E-state index contributed by atoms with van der Waals surface area (Å²) in [6, 6.07) is 7.18. The van der Waals surface area contributed by atoms with Gasteiger partial charge in [-0.2, -0.15) is 15.0 Å². The molecule has 0 fully saturated rings. The molecule has 0 aliphatic rings. The molecule has 0 bridgehead atoms. The van der Waals surface area contributed by atoms with Gasteiger partial charge in [0.25, 0.3) is 5.89 Å². The first-order chi connectivity index (χ1) is 12.6. The lowest BCUT2D eigenvalue weighted by molar-refractivity contribution is 0.416. The van der Waals surface area contributed by atoms with Crippen molar-refractivity contribution < 1.29 is 17.7 Å². The van der Waals surface area contributed by atoms with Gasteiger partial charge < -0.3 is 14.7 Å². The van der Waals surface area contributed by atoms with E-state index >= 15 is 0 Å². The monoisotopic (exact) mass is 356 g/mol. The number of hydrogen-bond acceptors (Lipinski definition) is 8. The zero-order valence-corrected chi connectivity index (χ0v) is 13.1. The van der Waals surface area contributed by atoms with Crippen LogP contribution in [0, 0.1) is 11.6 Å². The molecule has 10 heteroatoms. The quantitative estimate of drug-likeness (QED) is 0.593. The van der Waals surface area contributed by atoms with Gasteiger partial charge in [0.2, 0.25) is 17.6 Å². The highest BCUT2D eigenvalue weighted by Crippen LogP contribution is 2.21. The van der Waals surface area contributed by atoms with Gasteiger partial charge in [0.05, 0.1) is 6.26 Å². The predicted molar refractivity (Wildman–Crippen MR) is 84.4 cm³/mol. The molecule has 0 spiro atoms. The first-order valence-electron chi connectivity index (χ1n) is 7.41. The van der Waals surface area contributed by atoms with Gasteiger partial charge in [0, 0.05) is 6.42 Å². The summed E-state index contributed by atoms with van der Waals surface area (Å²) in [5.74, 6) is -1.25. The van der Waals surface area contributed by atoms with Crippen molar-refractivity contribution in [2.75, 3.05) is 5.73 Å². The molecule has 0 radical (unpaired) electrons. The molecule has 0 atom stereocenters. The molecular weight excluding hydrogens is 346 g/mol. The smallest absolute Gasteiger partial charge is 0.294 e. The number of rotatable bonds is 4. The van der Waals surface area contributed by atoms with Gasteiger partial charge in [-0.15, -0.1) is 0 Å². The highest BCUT2D eigenvalue weighted by molar-refractivity contribution is 5.50. The molecule has 0 amide bonds. The fourth-order valence-corrected chi connectivity index (χ4v) is 2.29. The number of aromatic nitrogens is 5. The van der Waals surface area contributed by atoms with E-state index in [9.17, 15) is 8.78 Å². The molecule has 3 aromatic heterocycles. The number of furan rings is 1. The van der Waals surface area contributed by atoms with Crippen molar-refractivity contribution in [3.8, 4) is 23.3 Å². The van der Waals surface area contributed by atoms with Crippen molar-refractivity contribution in [2.24, 2.45) is 0 Å². The van der Waals surface area contributed by atoms with E-state index in [4.69, 9.17) is 14.7 Å². The lowest BCUT2D eigenvalue weighted by atomic mass is 10.1. The number of nitrogen functional groups attached to an aromatic ring is 1. The van der Waals surface area contributed by atoms with Crippen molar-refractivity contribution in [2.45, 2.75) is 6.42 Å². The first-order valence-corrected chi connectivity index (χ1v) is 7.41. The predicted octanol–water partition coefficient (Wildman–Crippen LogP) is 2.63. The van der Waals surface area contributed by atoms with Crippen molar-refractivity contribution >= 4 is 5.95 Å². The topological polar surface area (TPSA) is 117 Å². The summed E-state index contributed by atoms with van der Waals surface area (Å²) in [5, 5.41) is 3.77. The highest BCUT2D eigenvalue weighted by atomic mass is 19.2. The van der Waals surface area contributed by atoms with Gasteiger partial charge >= 0.3 is 0 Å². The van der Waals surface area contributed by atoms with Crippen molar-refractivity contribution in [1.82, 2.24) is 25.1 Å². The Labute approximate surface area is 144 Å². The maximum Gasteiger partial charge on any atom is 0.294 e. The summed E-state index contributed by atoms with van der Waals surface area (Å²) < 4.78 is 37.5. The Balaban J connectivity index is 1.67. The lowest BCUT2D eigenvalue weighted by Gasteiger charge is -2.04. The van der Waals surface area contributed by atoms with Crippen LogP contribution in [0.25, 0.3) is 23.3 Å². The summed E-state index contributed by atoms with van der Waals surface area (Å²) in [7, 11) is 0. The van der Waals surface area contributed by atoms with Crippen LogP contribution < -0.4 is 5.73 Å². The van der Waals surface area contributed by atoms with Gasteiger partial charge in [-0.1, -0.05) is 17.3 Å². The Bertz CT molecular complexity index is 1060. The second-order valence-corrected chi connectivity index (χ2v) is 5.22. The normalized spacial score (nSPS) is 11.0. The highest BCUT2D eigenvalue weighted by Gasteiger charge is 2.17. The zero-order valence-electron chi connectivity index (χ0n) is 13.1. The fraction of sp³-hybridized carbons (Fsp3) is 0.0625. The largest absolute Gasteiger partial charge is 0.459 e. The van der Waals surface area contributed by atoms with Gasteiger partial charge in [-0.05, 0) is 23.8 Å². The van der Waals surface area contributed by atoms with E-state index in [0.29, 0.717) is 5.76 Å². The van der Waals surface area contributed by atoms with Crippen LogP contribution in [0.2, 0.25) is 0 Å². The Morgan fingerprint density at radius 3 is 2.65 bits per heavy atom. The van der Waals surface area contributed by atoms with E-state index in [2.05, 4.69) is 25.1 Å². The third-order valence-electron chi connectivity index (χ3n) is 3.44. The standard InChI is InChI=1S/C16H10F2N6O2/c17-9-4-1-3-8(12(9)18)7-11-20-13(23-16(19)21-11)14-22-15(26-24-14)10-5-2-6-25-10/h1-6H,7H2,(H2,19,20,21,23). The number of anilines is 1. The average molecular weight is 356 g/mol. The molecule has 130 valence electrons. The maximum absolute atomic E-state index is 13.8. The van der Waals surface area contributed by atoms with Crippen LogP contribution in [0.5, 0.6) is 0 Å². The van der Waals surface area contributed by atoms with E-state index in [1.54, 1.807) is 12.1 Å². The van der Waals surface area contributed by atoms with Crippen LogP contribution in [0.15, 0.2) is 45.5 Å². The van der Waals surface area contributed by atoms with E-state index in [1.165, 1.54) is 18.4 Å². The summed E-state index contributed by atoms with van der Waals surface area (Å²) in [5.41, 5.74) is 5.77. The number of halogens is 2. The van der Waals surface area contributed by atoms with Crippen LogP contribution in [-0.4, -0.2) is 25.1 Å². The van der Waals surface area contributed by atoms with E-state index in [0.717, 1.165) is 6.07 Å². The SMILES string of the molecule is Nc1nc(Cc2cccc(F)c2F)nc(-c2noc(-c3ccco3)n2)n1. The van der Waals surface area contributed by atoms with Gasteiger partial charge in [0.1, 0.15) is 5.82 Å². The number of nitrogens with zero attached hydrogens (tertiary/aromatic N) is 5. The second kappa shape index (κ2) is 6.31. The van der Waals surface area contributed by atoms with Crippen molar-refractivity contribution in [3.63, 3.8) is 0 Å². The fourth-order valence-electron chi connectivity index (χ4n) is 2.29. The molecule has 0 aliphatic heterocycles. The van der Waals surface area contributed by atoms with E-state index in [-0.39, 0.29) is 41.3 Å². The zero-order chi connectivity index (χ0) is 18.1. The Kier molecular flexibility index (Phi) is 3.84. The summed E-state index contributed by atoms with van der Waals surface area (Å²) >= 11 is 0. The maximum atomic E-state index is 13.8. The molecule has 4 rings (SSSR count). The number of hydrogen-bond donors (Lipinski definition) is 1. The minimum atomic E-state index is -0.965. The lowest BCUT2D eigenvalue weighted by Crippen LogP contribution is -2.07. The van der Waals surface area contributed by atoms with Crippen molar-refractivity contribution in [1.29, 1.82) is 0 Å². The van der Waals surface area contributed by atoms with E-state index < -0.39 is 11.6 Å². The molecule has 0 saturated carbocycles. The molecule has 0 saturated heterocycles. The van der Waals surface area contributed by atoms with Gasteiger partial charge in [-0.3, -0.25) is 0 Å². The molecule has 8 nitrogen and oxygen atoms in total. The number of benzene rings is 1. The summed E-state index contributed by atoms with van der Waals surface area (Å²) in [6.07, 6.45) is 1.39. The van der Waals surface area contributed by atoms with Crippen LogP contribution >= 0.6 is 0 Å². The third-order valence-corrected chi connectivity index (χ3v) is 3.44.